The maximum atomic E-state index is 12.9. The Labute approximate surface area is 182 Å². The number of H-pyrrole nitrogens is 1. The van der Waals surface area contributed by atoms with E-state index in [0.29, 0.717) is 6.42 Å². The van der Waals surface area contributed by atoms with Crippen LogP contribution in [0.2, 0.25) is 0 Å². The molecule has 2 amide bonds. The van der Waals surface area contributed by atoms with Gasteiger partial charge in [-0.2, -0.15) is 0 Å². The van der Waals surface area contributed by atoms with Crippen molar-refractivity contribution in [3.63, 3.8) is 0 Å². The van der Waals surface area contributed by atoms with E-state index in [9.17, 15) is 9.90 Å². The van der Waals surface area contributed by atoms with Crippen LogP contribution < -0.4 is 15.4 Å². The fourth-order valence-corrected chi connectivity index (χ4v) is 4.34. The molecule has 0 aliphatic heterocycles. The number of amides is 2. The highest BCUT2D eigenvalue weighted by Crippen LogP contribution is 2.25. The lowest BCUT2D eigenvalue weighted by Gasteiger charge is -2.31. The molecule has 4 N–H and O–H groups in total. The molecule has 31 heavy (non-hydrogen) atoms. The average Bonchev–Trinajstić information content (AvgIpc) is 3.24. The van der Waals surface area contributed by atoms with Gasteiger partial charge in [-0.25, -0.2) is 9.78 Å². The molecule has 1 saturated carbocycles. The van der Waals surface area contributed by atoms with Gasteiger partial charge in [-0.3, -0.25) is 0 Å². The van der Waals surface area contributed by atoms with E-state index in [1.165, 1.54) is 0 Å². The number of ether oxygens (including phenoxy) is 1. The van der Waals surface area contributed by atoms with Crippen LogP contribution in [-0.2, 0) is 6.42 Å². The van der Waals surface area contributed by atoms with Crippen LogP contribution in [0.25, 0.3) is 11.0 Å². The highest BCUT2D eigenvalue weighted by atomic mass is 16.5. The molecule has 0 spiro atoms. The standard InChI is InChI=1S/C24H30N4O3/c1-31-18-12-10-16(11-13-18)14-22(23-25-20-8-4-5-9-21(20)26-23)28-24(30)27-19-7-3-2-6-17(19)15-29/h4-5,8-13,17,19,22,29H,2-3,6-7,14-15H2,1H3,(H,25,26)(H2,27,28,30)/t17-,19+,22-/m1/s1. The maximum absolute atomic E-state index is 12.9. The van der Waals surface area contributed by atoms with Gasteiger partial charge < -0.3 is 25.5 Å². The fourth-order valence-electron chi connectivity index (χ4n) is 4.34. The second-order valence-corrected chi connectivity index (χ2v) is 8.20. The molecule has 1 aliphatic carbocycles. The lowest BCUT2D eigenvalue weighted by atomic mass is 9.85. The molecule has 1 heterocycles. The second-order valence-electron chi connectivity index (χ2n) is 8.20. The molecule has 1 fully saturated rings. The molecular weight excluding hydrogens is 392 g/mol. The Morgan fingerprint density at radius 1 is 1.19 bits per heavy atom. The molecule has 0 radical (unpaired) electrons. The number of carbonyl (C=O) groups is 1. The predicted octanol–water partition coefficient (Wildman–Crippen LogP) is 3.71. The van der Waals surface area contributed by atoms with Gasteiger partial charge in [0.2, 0.25) is 0 Å². The number of carbonyl (C=O) groups excluding carboxylic acids is 1. The quantitative estimate of drug-likeness (QED) is 0.466. The van der Waals surface area contributed by atoms with E-state index in [4.69, 9.17) is 9.72 Å². The molecule has 1 aliphatic rings. The second kappa shape index (κ2) is 9.83. The van der Waals surface area contributed by atoms with Gasteiger partial charge in [-0.05, 0) is 49.1 Å². The van der Waals surface area contributed by atoms with Gasteiger partial charge in [0, 0.05) is 18.6 Å². The molecular formula is C24H30N4O3. The van der Waals surface area contributed by atoms with E-state index in [0.717, 1.165) is 53.9 Å². The number of hydrogen-bond donors (Lipinski definition) is 4. The third-order valence-electron chi connectivity index (χ3n) is 6.10. The van der Waals surface area contributed by atoms with E-state index in [1.54, 1.807) is 7.11 Å². The molecule has 3 aromatic rings. The number of rotatable bonds is 7. The SMILES string of the molecule is COc1ccc(C[C@@H](NC(=O)N[C@H]2CCCC[C@@H]2CO)c2nc3ccccc3[nH]2)cc1. The molecule has 7 heteroatoms. The number of nitrogens with zero attached hydrogens (tertiary/aromatic N) is 1. The zero-order valence-electron chi connectivity index (χ0n) is 17.8. The summed E-state index contributed by atoms with van der Waals surface area (Å²) >= 11 is 0. The summed E-state index contributed by atoms with van der Waals surface area (Å²) in [4.78, 5) is 21.0. The molecule has 4 rings (SSSR count). The number of aliphatic hydroxyl groups excluding tert-OH is 1. The Bertz CT molecular complexity index is 968. The molecule has 0 unspecified atom stereocenters. The number of urea groups is 1. The number of benzene rings is 2. The van der Waals surface area contributed by atoms with E-state index in [-0.39, 0.29) is 30.6 Å². The van der Waals surface area contributed by atoms with Crippen LogP contribution in [0, 0.1) is 5.92 Å². The van der Waals surface area contributed by atoms with E-state index >= 15 is 0 Å². The van der Waals surface area contributed by atoms with Gasteiger partial charge in [0.05, 0.1) is 24.2 Å². The van der Waals surface area contributed by atoms with Crippen molar-refractivity contribution in [3.8, 4) is 5.75 Å². The van der Waals surface area contributed by atoms with Crippen LogP contribution in [0.3, 0.4) is 0 Å². The maximum Gasteiger partial charge on any atom is 0.315 e. The first-order valence-corrected chi connectivity index (χ1v) is 10.9. The summed E-state index contributed by atoms with van der Waals surface area (Å²) in [5.74, 6) is 1.63. The van der Waals surface area contributed by atoms with Gasteiger partial charge in [0.1, 0.15) is 11.6 Å². The van der Waals surface area contributed by atoms with Gasteiger partial charge in [0.25, 0.3) is 0 Å². The predicted molar refractivity (Wildman–Crippen MR) is 120 cm³/mol. The van der Waals surface area contributed by atoms with E-state index in [1.807, 2.05) is 48.5 Å². The Kier molecular flexibility index (Phi) is 6.72. The van der Waals surface area contributed by atoms with Crippen molar-refractivity contribution < 1.29 is 14.6 Å². The van der Waals surface area contributed by atoms with Crippen molar-refractivity contribution in [2.45, 2.75) is 44.2 Å². The first-order chi connectivity index (χ1) is 15.2. The minimum atomic E-state index is -0.322. The van der Waals surface area contributed by atoms with Gasteiger partial charge in [-0.1, -0.05) is 37.1 Å². The molecule has 7 nitrogen and oxygen atoms in total. The average molecular weight is 423 g/mol. The number of aliphatic hydroxyl groups is 1. The Morgan fingerprint density at radius 3 is 2.71 bits per heavy atom. The first-order valence-electron chi connectivity index (χ1n) is 10.9. The summed E-state index contributed by atoms with van der Waals surface area (Å²) in [6.07, 6.45) is 4.60. The third kappa shape index (κ3) is 5.17. The first kappa shape index (κ1) is 21.2. The minimum absolute atomic E-state index is 0.00365. The number of nitrogens with one attached hydrogen (secondary N) is 3. The number of aromatic nitrogens is 2. The van der Waals surface area contributed by atoms with Crippen molar-refractivity contribution in [3.05, 3.63) is 59.9 Å². The lowest BCUT2D eigenvalue weighted by Crippen LogP contribution is -2.48. The summed E-state index contributed by atoms with van der Waals surface area (Å²) in [6.45, 7) is 0.101. The van der Waals surface area contributed by atoms with Crippen LogP contribution in [-0.4, -0.2) is 40.9 Å². The molecule has 0 bridgehead atoms. The number of methoxy groups -OCH3 is 1. The van der Waals surface area contributed by atoms with Crippen LogP contribution in [0.15, 0.2) is 48.5 Å². The highest BCUT2D eigenvalue weighted by Gasteiger charge is 2.27. The summed E-state index contributed by atoms with van der Waals surface area (Å²) in [7, 11) is 1.64. The monoisotopic (exact) mass is 422 g/mol. The summed E-state index contributed by atoms with van der Waals surface area (Å²) in [6, 6.07) is 15.1. The van der Waals surface area contributed by atoms with Crippen molar-refractivity contribution in [2.75, 3.05) is 13.7 Å². The van der Waals surface area contributed by atoms with Gasteiger partial charge in [0.15, 0.2) is 0 Å². The molecule has 3 atom stereocenters. The third-order valence-corrected chi connectivity index (χ3v) is 6.10. The minimum Gasteiger partial charge on any atom is -0.497 e. The Morgan fingerprint density at radius 2 is 1.97 bits per heavy atom. The fraction of sp³-hybridized carbons (Fsp3) is 0.417. The Hall–Kier alpha value is -3.06. The van der Waals surface area contributed by atoms with Crippen molar-refractivity contribution in [1.82, 2.24) is 20.6 Å². The largest absolute Gasteiger partial charge is 0.497 e. The molecule has 2 aromatic carbocycles. The number of imidazole rings is 1. The van der Waals surface area contributed by atoms with Gasteiger partial charge in [-0.15, -0.1) is 0 Å². The van der Waals surface area contributed by atoms with Crippen LogP contribution in [0.4, 0.5) is 4.79 Å². The van der Waals surface area contributed by atoms with E-state index < -0.39 is 0 Å². The lowest BCUT2D eigenvalue weighted by molar-refractivity contribution is 0.153. The summed E-state index contributed by atoms with van der Waals surface area (Å²) in [5.41, 5.74) is 2.87. The number of fused-ring (bicyclic) bond motifs is 1. The number of para-hydroxylation sites is 2. The molecule has 1 aromatic heterocycles. The van der Waals surface area contributed by atoms with Gasteiger partial charge >= 0.3 is 6.03 Å². The highest BCUT2D eigenvalue weighted by molar-refractivity contribution is 5.76. The molecule has 0 saturated heterocycles. The number of hydrogen-bond acceptors (Lipinski definition) is 4. The topological polar surface area (TPSA) is 99.3 Å². The van der Waals surface area contributed by atoms with Crippen molar-refractivity contribution >= 4 is 17.1 Å². The van der Waals surface area contributed by atoms with Crippen molar-refractivity contribution in [1.29, 1.82) is 0 Å². The smallest absolute Gasteiger partial charge is 0.315 e. The normalized spacial score (nSPS) is 19.7. The zero-order valence-corrected chi connectivity index (χ0v) is 17.8. The summed E-state index contributed by atoms with van der Waals surface area (Å²) in [5, 5.41) is 15.8. The zero-order chi connectivity index (χ0) is 21.6. The Balaban J connectivity index is 1.53. The van der Waals surface area contributed by atoms with E-state index in [2.05, 4.69) is 15.6 Å². The van der Waals surface area contributed by atoms with Crippen LogP contribution >= 0.6 is 0 Å². The summed E-state index contributed by atoms with van der Waals surface area (Å²) < 4.78 is 5.25. The molecule has 164 valence electrons. The number of aromatic amines is 1. The van der Waals surface area contributed by atoms with Crippen LogP contribution in [0.5, 0.6) is 5.75 Å². The van der Waals surface area contributed by atoms with Crippen LogP contribution in [0.1, 0.15) is 43.1 Å². The van der Waals surface area contributed by atoms with Crippen molar-refractivity contribution in [2.24, 2.45) is 5.92 Å².